The molecule has 0 aliphatic heterocycles. The van der Waals surface area contributed by atoms with Crippen LogP contribution >= 0.6 is 15.9 Å². The highest BCUT2D eigenvalue weighted by Crippen LogP contribution is 2.22. The zero-order valence-electron chi connectivity index (χ0n) is 11.8. The topological polar surface area (TPSA) is 69.6 Å². The molecular weight excluding hydrogens is 324 g/mol. The Hall–Kier alpha value is -1.56. The fourth-order valence-electron chi connectivity index (χ4n) is 1.77. The highest BCUT2D eigenvalue weighted by atomic mass is 79.9. The number of carbonyl (C=O) groups excluding carboxylic acids is 1. The number of hydrogen-bond donors (Lipinski definition) is 2. The highest BCUT2D eigenvalue weighted by Gasteiger charge is 2.19. The van der Waals surface area contributed by atoms with Crippen LogP contribution in [-0.4, -0.2) is 35.6 Å². The van der Waals surface area contributed by atoms with Crippen LogP contribution in [0.3, 0.4) is 0 Å². The largest absolute Gasteiger partial charge is 0.481 e. The number of carbonyl (C=O) groups is 2. The van der Waals surface area contributed by atoms with Crippen LogP contribution in [-0.2, 0) is 4.79 Å². The Kier molecular flexibility index (Phi) is 6.01. The minimum Gasteiger partial charge on any atom is -0.481 e. The molecule has 2 atom stereocenters. The summed E-state index contributed by atoms with van der Waals surface area (Å²) >= 11 is 3.44. The van der Waals surface area contributed by atoms with E-state index in [1.54, 1.807) is 14.0 Å². The molecule has 20 heavy (non-hydrogen) atoms. The van der Waals surface area contributed by atoms with E-state index in [0.717, 1.165) is 10.0 Å². The van der Waals surface area contributed by atoms with Gasteiger partial charge in [-0.05, 0) is 18.6 Å². The maximum atomic E-state index is 12.0. The van der Waals surface area contributed by atoms with E-state index in [1.807, 2.05) is 31.2 Å². The van der Waals surface area contributed by atoms with Crippen LogP contribution in [0.1, 0.15) is 25.5 Å². The van der Waals surface area contributed by atoms with Crippen LogP contribution in [0.15, 0.2) is 28.7 Å². The average Bonchev–Trinajstić information content (AvgIpc) is 2.38. The van der Waals surface area contributed by atoms with Gasteiger partial charge in [-0.3, -0.25) is 4.79 Å². The third kappa shape index (κ3) is 4.52. The lowest BCUT2D eigenvalue weighted by Crippen LogP contribution is -2.41. The number of benzene rings is 1. The molecule has 0 spiro atoms. The predicted octanol–water partition coefficient (Wildman–Crippen LogP) is 2.87. The molecule has 0 aliphatic carbocycles. The Balaban J connectivity index is 2.62. The van der Waals surface area contributed by atoms with Crippen molar-refractivity contribution in [2.24, 2.45) is 5.92 Å². The smallest absolute Gasteiger partial charge is 0.317 e. The number of aliphatic carboxylic acids is 1. The van der Waals surface area contributed by atoms with Gasteiger partial charge in [-0.1, -0.05) is 41.1 Å². The number of carboxylic acid groups (broad SMARTS) is 1. The number of carboxylic acids is 1. The van der Waals surface area contributed by atoms with Gasteiger partial charge in [-0.15, -0.1) is 0 Å². The van der Waals surface area contributed by atoms with Gasteiger partial charge in [0.25, 0.3) is 0 Å². The van der Waals surface area contributed by atoms with Gasteiger partial charge >= 0.3 is 12.0 Å². The van der Waals surface area contributed by atoms with Crippen molar-refractivity contribution in [1.29, 1.82) is 0 Å². The minimum atomic E-state index is -0.913. The lowest BCUT2D eigenvalue weighted by molar-refractivity contribution is -0.141. The molecule has 1 rings (SSSR count). The van der Waals surface area contributed by atoms with Crippen molar-refractivity contribution in [3.63, 3.8) is 0 Å². The van der Waals surface area contributed by atoms with Crippen molar-refractivity contribution in [2.75, 3.05) is 13.6 Å². The van der Waals surface area contributed by atoms with Crippen molar-refractivity contribution in [1.82, 2.24) is 10.2 Å². The molecule has 0 saturated carbocycles. The number of nitrogens with one attached hydrogen (secondary N) is 1. The molecule has 0 bridgehead atoms. The number of nitrogens with zero attached hydrogens (tertiary/aromatic N) is 1. The first kappa shape index (κ1) is 16.5. The predicted molar refractivity (Wildman–Crippen MR) is 80.5 cm³/mol. The Morgan fingerprint density at radius 2 is 1.95 bits per heavy atom. The Labute approximate surface area is 127 Å². The van der Waals surface area contributed by atoms with Crippen molar-refractivity contribution in [3.05, 3.63) is 34.3 Å². The summed E-state index contributed by atoms with van der Waals surface area (Å²) in [4.78, 5) is 24.2. The van der Waals surface area contributed by atoms with Gasteiger partial charge < -0.3 is 15.3 Å². The van der Waals surface area contributed by atoms with Crippen LogP contribution in [0.25, 0.3) is 0 Å². The molecule has 0 heterocycles. The van der Waals surface area contributed by atoms with E-state index in [4.69, 9.17) is 5.11 Å². The molecule has 1 aromatic carbocycles. The Bertz CT molecular complexity index is 493. The van der Waals surface area contributed by atoms with Crippen LogP contribution < -0.4 is 5.32 Å². The number of urea groups is 1. The van der Waals surface area contributed by atoms with E-state index in [1.165, 1.54) is 4.90 Å². The van der Waals surface area contributed by atoms with E-state index in [2.05, 4.69) is 21.2 Å². The summed E-state index contributed by atoms with van der Waals surface area (Å²) < 4.78 is 0.925. The molecule has 0 saturated heterocycles. The van der Waals surface area contributed by atoms with Gasteiger partial charge in [0.1, 0.15) is 0 Å². The second-order valence-electron chi connectivity index (χ2n) is 4.81. The van der Waals surface area contributed by atoms with E-state index in [0.29, 0.717) is 0 Å². The van der Waals surface area contributed by atoms with Gasteiger partial charge in [0.05, 0.1) is 12.0 Å². The summed E-state index contributed by atoms with van der Waals surface area (Å²) in [7, 11) is 1.58. The van der Waals surface area contributed by atoms with Gasteiger partial charge in [0, 0.05) is 18.1 Å². The van der Waals surface area contributed by atoms with Crippen molar-refractivity contribution in [2.45, 2.75) is 19.9 Å². The van der Waals surface area contributed by atoms with Gasteiger partial charge in [-0.25, -0.2) is 4.79 Å². The molecule has 0 radical (unpaired) electrons. The number of halogens is 1. The molecule has 2 unspecified atom stereocenters. The maximum absolute atomic E-state index is 12.0. The Morgan fingerprint density at radius 3 is 2.50 bits per heavy atom. The summed E-state index contributed by atoms with van der Waals surface area (Å²) in [6.45, 7) is 3.62. The molecule has 5 nitrogen and oxygen atoms in total. The van der Waals surface area contributed by atoms with E-state index in [9.17, 15) is 9.59 Å². The zero-order valence-corrected chi connectivity index (χ0v) is 13.3. The third-order valence-corrected chi connectivity index (χ3v) is 3.75. The molecule has 0 aromatic heterocycles. The number of amides is 2. The number of hydrogen-bond acceptors (Lipinski definition) is 2. The SMILES string of the molecule is CC(CN(C)C(=O)NC(C)c1ccccc1Br)C(=O)O. The van der Waals surface area contributed by atoms with Gasteiger partial charge in [0.2, 0.25) is 0 Å². The van der Waals surface area contributed by atoms with E-state index >= 15 is 0 Å². The van der Waals surface area contributed by atoms with Gasteiger partial charge in [0.15, 0.2) is 0 Å². The normalized spacial score (nSPS) is 13.4. The summed E-state index contributed by atoms with van der Waals surface area (Å²) in [5.41, 5.74) is 0.973. The fraction of sp³-hybridized carbons (Fsp3) is 0.429. The van der Waals surface area contributed by atoms with E-state index in [-0.39, 0.29) is 18.6 Å². The monoisotopic (exact) mass is 342 g/mol. The lowest BCUT2D eigenvalue weighted by atomic mass is 10.1. The van der Waals surface area contributed by atoms with Crippen LogP contribution in [0.2, 0.25) is 0 Å². The van der Waals surface area contributed by atoms with Gasteiger partial charge in [-0.2, -0.15) is 0 Å². The fourth-order valence-corrected chi connectivity index (χ4v) is 2.40. The summed E-state index contributed by atoms with van der Waals surface area (Å²) in [5, 5.41) is 11.7. The molecule has 2 amide bonds. The van der Waals surface area contributed by atoms with Crippen molar-refractivity contribution < 1.29 is 14.7 Å². The molecule has 110 valence electrons. The van der Waals surface area contributed by atoms with Crippen LogP contribution in [0, 0.1) is 5.92 Å². The Morgan fingerprint density at radius 1 is 1.35 bits per heavy atom. The first-order valence-corrected chi connectivity index (χ1v) is 7.11. The number of rotatable bonds is 5. The van der Waals surface area contributed by atoms with Crippen LogP contribution in [0.4, 0.5) is 4.79 Å². The second kappa shape index (κ2) is 7.28. The second-order valence-corrected chi connectivity index (χ2v) is 5.67. The molecule has 0 fully saturated rings. The van der Waals surface area contributed by atoms with Crippen molar-refractivity contribution >= 4 is 27.9 Å². The first-order chi connectivity index (χ1) is 9.32. The summed E-state index contributed by atoms with van der Waals surface area (Å²) in [6, 6.07) is 7.19. The zero-order chi connectivity index (χ0) is 15.3. The summed E-state index contributed by atoms with van der Waals surface area (Å²) in [5.74, 6) is -1.51. The first-order valence-electron chi connectivity index (χ1n) is 6.31. The maximum Gasteiger partial charge on any atom is 0.317 e. The molecule has 2 N–H and O–H groups in total. The molecular formula is C14H19BrN2O3. The van der Waals surface area contributed by atoms with Crippen LogP contribution in [0.5, 0.6) is 0 Å². The highest BCUT2D eigenvalue weighted by molar-refractivity contribution is 9.10. The minimum absolute atomic E-state index is 0.166. The summed E-state index contributed by atoms with van der Waals surface area (Å²) in [6.07, 6.45) is 0. The van der Waals surface area contributed by atoms with E-state index < -0.39 is 11.9 Å². The quantitative estimate of drug-likeness (QED) is 0.864. The standard InChI is InChI=1S/C14H19BrN2O3/c1-9(13(18)19)8-17(3)14(20)16-10(2)11-6-4-5-7-12(11)15/h4-7,9-10H,8H2,1-3H3,(H,16,20)(H,18,19). The molecule has 1 aromatic rings. The lowest BCUT2D eigenvalue weighted by Gasteiger charge is -2.23. The third-order valence-electron chi connectivity index (χ3n) is 3.03. The van der Waals surface area contributed by atoms with Crippen molar-refractivity contribution in [3.8, 4) is 0 Å². The molecule has 6 heteroatoms. The average molecular weight is 343 g/mol. The molecule has 0 aliphatic rings.